The van der Waals surface area contributed by atoms with Crippen LogP contribution in [-0.2, 0) is 0 Å². The van der Waals surface area contributed by atoms with E-state index in [1.54, 1.807) is 0 Å². The third-order valence-electron chi connectivity index (χ3n) is 2.32. The average molecular weight is 354 g/mol. The van der Waals surface area contributed by atoms with Crippen molar-refractivity contribution in [2.45, 2.75) is 0 Å². The Kier molecular flexibility index (Phi) is 3.96. The fourth-order valence-electron chi connectivity index (χ4n) is 1.44. The molecular weight excluding hydrogens is 343 g/mol. The smallest absolute Gasteiger partial charge is 0.103 e. The predicted octanol–water partition coefficient (Wildman–Crippen LogP) is 3.67. The molecule has 2 rings (SSSR count). The van der Waals surface area contributed by atoms with Crippen LogP contribution in [0.3, 0.4) is 0 Å². The summed E-state index contributed by atoms with van der Waals surface area (Å²) in [5, 5.41) is 3.35. The van der Waals surface area contributed by atoms with Gasteiger partial charge in [-0.25, -0.2) is 0 Å². The molecule has 86 valence electrons. The van der Waals surface area contributed by atoms with Crippen molar-refractivity contribution >= 4 is 51.2 Å². The van der Waals surface area contributed by atoms with E-state index in [2.05, 4.69) is 34.0 Å². The summed E-state index contributed by atoms with van der Waals surface area (Å²) >= 11 is 7.21. The largest absolute Gasteiger partial charge is 0.389 e. The molecule has 0 saturated heterocycles. The van der Waals surface area contributed by atoms with Gasteiger partial charge in [-0.2, -0.15) is 0 Å². The second-order valence-electron chi connectivity index (χ2n) is 3.55. The predicted molar refractivity (Wildman–Crippen MR) is 84.8 cm³/mol. The molecule has 0 radical (unpaired) electrons. The first-order chi connectivity index (χ1) is 8.16. The lowest BCUT2D eigenvalue weighted by Gasteiger charge is -2.08. The molecule has 17 heavy (non-hydrogen) atoms. The number of hydrogen-bond acceptors (Lipinski definition) is 2. The van der Waals surface area contributed by atoms with E-state index in [-0.39, 0.29) is 0 Å². The van der Waals surface area contributed by atoms with Gasteiger partial charge in [0.05, 0.1) is 5.69 Å². The van der Waals surface area contributed by atoms with Gasteiger partial charge in [0.1, 0.15) is 4.99 Å². The molecule has 0 aliphatic rings. The number of rotatable bonds is 3. The quantitative estimate of drug-likeness (QED) is 0.653. The van der Waals surface area contributed by atoms with Crippen molar-refractivity contribution in [3.63, 3.8) is 0 Å². The molecule has 0 heterocycles. The van der Waals surface area contributed by atoms with E-state index in [0.717, 1.165) is 16.9 Å². The monoisotopic (exact) mass is 354 g/mol. The summed E-state index contributed by atoms with van der Waals surface area (Å²) in [6.07, 6.45) is 0. The number of halogens is 1. The Morgan fingerprint density at radius 3 is 2.29 bits per heavy atom. The standard InChI is InChI=1S/C13H11IN2S/c14-11-3-1-2-4-12(11)16-10-7-5-9(6-8-10)13(15)17/h1-8,16H,(H2,15,17). The number of anilines is 2. The molecule has 4 heteroatoms. The minimum Gasteiger partial charge on any atom is -0.389 e. The first kappa shape index (κ1) is 12.3. The lowest BCUT2D eigenvalue weighted by molar-refractivity contribution is 1.51. The zero-order valence-electron chi connectivity index (χ0n) is 8.98. The van der Waals surface area contributed by atoms with Crippen molar-refractivity contribution in [3.8, 4) is 0 Å². The highest BCUT2D eigenvalue weighted by atomic mass is 127. The summed E-state index contributed by atoms with van der Waals surface area (Å²) in [5.41, 5.74) is 8.55. The van der Waals surface area contributed by atoms with Crippen molar-refractivity contribution in [3.05, 3.63) is 57.7 Å². The topological polar surface area (TPSA) is 38.0 Å². The zero-order chi connectivity index (χ0) is 12.3. The molecule has 2 aromatic carbocycles. The zero-order valence-corrected chi connectivity index (χ0v) is 12.0. The molecule has 0 saturated carbocycles. The first-order valence-electron chi connectivity index (χ1n) is 5.08. The summed E-state index contributed by atoms with van der Waals surface area (Å²) in [5.74, 6) is 0. The van der Waals surface area contributed by atoms with E-state index in [1.165, 1.54) is 3.57 Å². The van der Waals surface area contributed by atoms with E-state index >= 15 is 0 Å². The summed E-state index contributed by atoms with van der Waals surface area (Å²) in [6.45, 7) is 0. The van der Waals surface area contributed by atoms with Crippen LogP contribution in [0.4, 0.5) is 11.4 Å². The van der Waals surface area contributed by atoms with Gasteiger partial charge < -0.3 is 11.1 Å². The van der Waals surface area contributed by atoms with Gasteiger partial charge in [0.25, 0.3) is 0 Å². The van der Waals surface area contributed by atoms with Crippen molar-refractivity contribution in [1.82, 2.24) is 0 Å². The highest BCUT2D eigenvalue weighted by Crippen LogP contribution is 2.22. The van der Waals surface area contributed by atoms with Gasteiger partial charge in [-0.1, -0.05) is 24.4 Å². The summed E-state index contributed by atoms with van der Waals surface area (Å²) < 4.78 is 1.18. The van der Waals surface area contributed by atoms with Crippen LogP contribution in [0.2, 0.25) is 0 Å². The maximum Gasteiger partial charge on any atom is 0.103 e. The highest BCUT2D eigenvalue weighted by Gasteiger charge is 2.00. The number of nitrogens with two attached hydrogens (primary N) is 1. The Morgan fingerprint density at radius 2 is 1.71 bits per heavy atom. The number of para-hydroxylation sites is 1. The Balaban J connectivity index is 2.20. The molecule has 3 N–H and O–H groups in total. The molecule has 0 fully saturated rings. The van der Waals surface area contributed by atoms with Crippen molar-refractivity contribution in [1.29, 1.82) is 0 Å². The molecule has 0 amide bonds. The minimum atomic E-state index is 0.422. The van der Waals surface area contributed by atoms with Gasteiger partial charge in [0.2, 0.25) is 0 Å². The van der Waals surface area contributed by atoms with E-state index in [0.29, 0.717) is 4.99 Å². The van der Waals surface area contributed by atoms with Gasteiger partial charge in [-0.15, -0.1) is 0 Å². The molecule has 0 aliphatic carbocycles. The van der Waals surface area contributed by atoms with Crippen LogP contribution >= 0.6 is 34.8 Å². The minimum absolute atomic E-state index is 0.422. The Hall–Kier alpha value is -1.14. The number of hydrogen-bond donors (Lipinski definition) is 2. The summed E-state index contributed by atoms with van der Waals surface area (Å²) in [4.78, 5) is 0.422. The number of benzene rings is 2. The molecule has 2 aromatic rings. The van der Waals surface area contributed by atoms with E-state index < -0.39 is 0 Å². The van der Waals surface area contributed by atoms with Crippen LogP contribution in [0, 0.1) is 3.57 Å². The van der Waals surface area contributed by atoms with Gasteiger partial charge in [-0.3, -0.25) is 0 Å². The molecule has 0 atom stereocenters. The van der Waals surface area contributed by atoms with E-state index in [9.17, 15) is 0 Å². The molecule has 2 nitrogen and oxygen atoms in total. The van der Waals surface area contributed by atoms with Crippen LogP contribution in [0.15, 0.2) is 48.5 Å². The second-order valence-corrected chi connectivity index (χ2v) is 5.15. The SMILES string of the molecule is NC(=S)c1ccc(Nc2ccccc2I)cc1. The fourth-order valence-corrected chi connectivity index (χ4v) is 2.09. The van der Waals surface area contributed by atoms with E-state index in [4.69, 9.17) is 18.0 Å². The van der Waals surface area contributed by atoms with Gasteiger partial charge in [0, 0.05) is 14.8 Å². The summed E-state index contributed by atoms with van der Waals surface area (Å²) in [6, 6.07) is 15.9. The highest BCUT2D eigenvalue weighted by molar-refractivity contribution is 14.1. The van der Waals surface area contributed by atoms with Crippen LogP contribution in [0.5, 0.6) is 0 Å². The lowest BCUT2D eigenvalue weighted by Crippen LogP contribution is -2.08. The average Bonchev–Trinajstić information content (AvgIpc) is 2.33. The van der Waals surface area contributed by atoms with E-state index in [1.807, 2.05) is 42.5 Å². The third-order valence-corrected chi connectivity index (χ3v) is 3.50. The van der Waals surface area contributed by atoms with Crippen molar-refractivity contribution in [2.75, 3.05) is 5.32 Å². The second kappa shape index (κ2) is 5.46. The molecule has 0 bridgehead atoms. The van der Waals surface area contributed by atoms with Crippen molar-refractivity contribution < 1.29 is 0 Å². The van der Waals surface area contributed by atoms with Crippen molar-refractivity contribution in [2.24, 2.45) is 5.73 Å². The molecule has 0 aliphatic heterocycles. The third kappa shape index (κ3) is 3.17. The van der Waals surface area contributed by atoms with Gasteiger partial charge in [-0.05, 0) is 59.0 Å². The molecule has 0 spiro atoms. The van der Waals surface area contributed by atoms with Crippen LogP contribution in [0.1, 0.15) is 5.56 Å². The van der Waals surface area contributed by atoms with Crippen LogP contribution in [0.25, 0.3) is 0 Å². The lowest BCUT2D eigenvalue weighted by atomic mass is 10.2. The maximum absolute atomic E-state index is 5.55. The first-order valence-corrected chi connectivity index (χ1v) is 6.57. The maximum atomic E-state index is 5.55. The van der Waals surface area contributed by atoms with Crippen LogP contribution in [-0.4, -0.2) is 4.99 Å². The normalized spacial score (nSPS) is 9.94. The molecule has 0 unspecified atom stereocenters. The molecular formula is C13H11IN2S. The number of thiocarbonyl (C=S) groups is 1. The fraction of sp³-hybridized carbons (Fsp3) is 0. The van der Waals surface area contributed by atoms with Gasteiger partial charge >= 0.3 is 0 Å². The molecule has 0 aromatic heterocycles. The number of nitrogens with one attached hydrogen (secondary N) is 1. The Morgan fingerprint density at radius 1 is 1.06 bits per heavy atom. The van der Waals surface area contributed by atoms with Crippen LogP contribution < -0.4 is 11.1 Å². The summed E-state index contributed by atoms with van der Waals surface area (Å²) in [7, 11) is 0. The van der Waals surface area contributed by atoms with Gasteiger partial charge in [0.15, 0.2) is 0 Å². The Bertz CT molecular complexity index is 537. The Labute approximate surface area is 119 Å².